The first-order valence-corrected chi connectivity index (χ1v) is 12.2. The fourth-order valence-corrected chi connectivity index (χ4v) is 5.45. The fraction of sp³-hybridized carbons (Fsp3) is 0.393. The second-order valence-corrected chi connectivity index (χ2v) is 10.2. The van der Waals surface area contributed by atoms with Crippen molar-refractivity contribution < 1.29 is 36.2 Å². The molecule has 1 fully saturated rings. The van der Waals surface area contributed by atoms with Crippen molar-refractivity contribution in [1.82, 2.24) is 9.88 Å². The summed E-state index contributed by atoms with van der Waals surface area (Å²) >= 11 is 0. The highest BCUT2D eigenvalue weighted by Crippen LogP contribution is 2.50. The van der Waals surface area contributed by atoms with Gasteiger partial charge in [0.2, 0.25) is 0 Å². The van der Waals surface area contributed by atoms with Crippen LogP contribution in [-0.2, 0) is 18.6 Å². The lowest BCUT2D eigenvalue weighted by atomic mass is 9.87. The number of hydrogen-bond donors (Lipinski definition) is 1. The van der Waals surface area contributed by atoms with E-state index in [1.165, 1.54) is 17.7 Å². The number of likely N-dealkylation sites (tertiary alicyclic amines) is 1. The van der Waals surface area contributed by atoms with Crippen LogP contribution >= 0.6 is 0 Å². The van der Waals surface area contributed by atoms with Crippen LogP contribution in [0.1, 0.15) is 35.1 Å². The topological polar surface area (TPSA) is 45.6 Å². The molecule has 1 saturated heterocycles. The van der Waals surface area contributed by atoms with Crippen LogP contribution in [0.3, 0.4) is 0 Å². The molecule has 2 aliphatic heterocycles. The lowest BCUT2D eigenvalue weighted by Gasteiger charge is -2.38. The molecule has 202 valence electrons. The van der Waals surface area contributed by atoms with E-state index in [4.69, 9.17) is 4.74 Å². The molecule has 3 heterocycles. The first-order chi connectivity index (χ1) is 17.8. The van der Waals surface area contributed by atoms with Crippen LogP contribution in [0.2, 0.25) is 0 Å². The van der Waals surface area contributed by atoms with Crippen molar-refractivity contribution in [1.29, 1.82) is 0 Å². The third kappa shape index (κ3) is 4.64. The molecule has 4 nitrogen and oxygen atoms in total. The minimum Gasteiger partial charge on any atom is -0.485 e. The lowest BCUT2D eigenvalue weighted by Crippen LogP contribution is -2.53. The second kappa shape index (κ2) is 9.27. The maximum absolute atomic E-state index is 13.2. The maximum atomic E-state index is 13.2. The fourth-order valence-electron chi connectivity index (χ4n) is 5.45. The van der Waals surface area contributed by atoms with E-state index in [1.54, 1.807) is 12.4 Å². The number of benzene rings is 2. The van der Waals surface area contributed by atoms with Gasteiger partial charge in [0.05, 0.1) is 6.20 Å². The molecular formula is C28H26F6N2O2. The highest BCUT2D eigenvalue weighted by molar-refractivity contribution is 5.68. The van der Waals surface area contributed by atoms with E-state index >= 15 is 0 Å². The molecule has 1 aromatic heterocycles. The SMILES string of the molecule is Cc1cc(CN2CCC3(CC2)Cc2ccncc2O3)ccc1-c1ccc(C(O)(C(F)(F)F)C(F)(F)F)cc1. The number of aryl methyl sites for hydroxylation is 1. The molecular weight excluding hydrogens is 510 g/mol. The summed E-state index contributed by atoms with van der Waals surface area (Å²) in [5.74, 6) is 0.863. The Kier molecular flexibility index (Phi) is 6.46. The molecule has 0 aliphatic carbocycles. The third-order valence-electron chi connectivity index (χ3n) is 7.61. The van der Waals surface area contributed by atoms with Gasteiger partial charge in [0.25, 0.3) is 5.60 Å². The second-order valence-electron chi connectivity index (χ2n) is 10.2. The van der Waals surface area contributed by atoms with E-state index in [0.29, 0.717) is 23.3 Å². The monoisotopic (exact) mass is 536 g/mol. The van der Waals surface area contributed by atoms with Crippen molar-refractivity contribution in [3.05, 3.63) is 83.2 Å². The van der Waals surface area contributed by atoms with Gasteiger partial charge in [0, 0.05) is 56.2 Å². The highest BCUT2D eigenvalue weighted by atomic mass is 19.4. The molecule has 3 aromatic rings. The maximum Gasteiger partial charge on any atom is 0.430 e. The number of fused-ring (bicyclic) bond motifs is 1. The van der Waals surface area contributed by atoms with E-state index in [1.807, 2.05) is 31.2 Å². The number of pyridine rings is 1. The summed E-state index contributed by atoms with van der Waals surface area (Å²) in [4.78, 5) is 6.48. The van der Waals surface area contributed by atoms with E-state index < -0.39 is 23.5 Å². The summed E-state index contributed by atoms with van der Waals surface area (Å²) < 4.78 is 85.3. The Balaban J connectivity index is 1.26. The normalized spacial score (nSPS) is 17.9. The molecule has 0 bridgehead atoms. The van der Waals surface area contributed by atoms with Gasteiger partial charge < -0.3 is 9.84 Å². The summed E-state index contributed by atoms with van der Waals surface area (Å²) in [6.45, 7) is 4.29. The average molecular weight is 537 g/mol. The predicted molar refractivity (Wildman–Crippen MR) is 128 cm³/mol. The van der Waals surface area contributed by atoms with Crippen molar-refractivity contribution in [3.63, 3.8) is 0 Å². The van der Waals surface area contributed by atoms with Crippen LogP contribution < -0.4 is 4.74 Å². The molecule has 0 atom stereocenters. The van der Waals surface area contributed by atoms with Crippen molar-refractivity contribution in [2.75, 3.05) is 13.1 Å². The Morgan fingerprint density at radius 1 is 0.947 bits per heavy atom. The summed E-state index contributed by atoms with van der Waals surface area (Å²) in [5.41, 5.74) is -2.16. The van der Waals surface area contributed by atoms with Crippen LogP contribution in [0.25, 0.3) is 11.1 Å². The number of nitrogens with zero attached hydrogens (tertiary/aromatic N) is 2. The molecule has 2 aromatic carbocycles. The Morgan fingerprint density at radius 3 is 2.18 bits per heavy atom. The lowest BCUT2D eigenvalue weighted by molar-refractivity contribution is -0.376. The van der Waals surface area contributed by atoms with Crippen LogP contribution in [0.4, 0.5) is 26.3 Å². The van der Waals surface area contributed by atoms with Gasteiger partial charge in [-0.1, -0.05) is 42.5 Å². The molecule has 10 heteroatoms. The van der Waals surface area contributed by atoms with Crippen molar-refractivity contribution >= 4 is 0 Å². The minimum absolute atomic E-state index is 0.182. The number of rotatable bonds is 4. The Bertz CT molecular complexity index is 1270. The zero-order valence-electron chi connectivity index (χ0n) is 20.5. The minimum atomic E-state index is -5.91. The summed E-state index contributed by atoms with van der Waals surface area (Å²) in [7, 11) is 0. The van der Waals surface area contributed by atoms with E-state index in [2.05, 4.69) is 9.88 Å². The number of piperidine rings is 1. The quantitative estimate of drug-likeness (QED) is 0.396. The van der Waals surface area contributed by atoms with E-state index in [-0.39, 0.29) is 5.60 Å². The summed E-state index contributed by atoms with van der Waals surface area (Å²) in [6.07, 6.45) is -5.61. The standard InChI is InChI=1S/C28H26F6N2O2/c1-18-14-19(17-36-12-9-25(10-13-36)15-21-8-11-35-16-24(21)38-25)2-7-23(18)20-3-5-22(6-4-20)26(37,27(29,30)31)28(32,33)34/h2-8,11,14,16,37H,9-10,12-13,15,17H2,1H3. The third-order valence-corrected chi connectivity index (χ3v) is 7.61. The van der Waals surface area contributed by atoms with E-state index in [0.717, 1.165) is 55.8 Å². The van der Waals surface area contributed by atoms with Gasteiger partial charge in [0.15, 0.2) is 0 Å². The van der Waals surface area contributed by atoms with E-state index in [9.17, 15) is 31.4 Å². The van der Waals surface area contributed by atoms with Crippen LogP contribution in [0.5, 0.6) is 5.75 Å². The smallest absolute Gasteiger partial charge is 0.430 e. The molecule has 1 spiro atoms. The molecule has 1 N–H and O–H groups in total. The van der Waals surface area contributed by atoms with Gasteiger partial charge in [-0.25, -0.2) is 0 Å². The molecule has 0 saturated carbocycles. The first kappa shape index (κ1) is 26.5. The zero-order chi connectivity index (χ0) is 27.3. The summed E-state index contributed by atoms with van der Waals surface area (Å²) in [5, 5.41) is 9.61. The largest absolute Gasteiger partial charge is 0.485 e. The molecule has 2 aliphatic rings. The summed E-state index contributed by atoms with van der Waals surface area (Å²) in [6, 6.07) is 11.4. The van der Waals surface area contributed by atoms with Crippen molar-refractivity contribution in [3.8, 4) is 16.9 Å². The zero-order valence-corrected chi connectivity index (χ0v) is 20.5. The number of aliphatic hydroxyl groups is 1. The number of halogens is 6. The Hall–Kier alpha value is -3.11. The number of aromatic nitrogens is 1. The van der Waals surface area contributed by atoms with Crippen molar-refractivity contribution in [2.45, 2.75) is 56.3 Å². The van der Waals surface area contributed by atoms with Gasteiger partial charge in [-0.2, -0.15) is 26.3 Å². The number of hydrogen-bond acceptors (Lipinski definition) is 4. The van der Waals surface area contributed by atoms with Gasteiger partial charge in [-0.15, -0.1) is 0 Å². The Morgan fingerprint density at radius 2 is 1.61 bits per heavy atom. The Labute approximate surface area is 215 Å². The number of alkyl halides is 6. The van der Waals surface area contributed by atoms with Gasteiger partial charge >= 0.3 is 12.4 Å². The van der Waals surface area contributed by atoms with Crippen molar-refractivity contribution in [2.24, 2.45) is 0 Å². The van der Waals surface area contributed by atoms with Gasteiger partial charge in [-0.3, -0.25) is 9.88 Å². The number of ether oxygens (including phenoxy) is 1. The van der Waals surface area contributed by atoms with Crippen LogP contribution in [0.15, 0.2) is 60.9 Å². The molecule has 0 unspecified atom stereocenters. The molecule has 0 amide bonds. The highest BCUT2D eigenvalue weighted by Gasteiger charge is 2.71. The molecule has 0 radical (unpaired) electrons. The van der Waals surface area contributed by atoms with Gasteiger partial charge in [-0.05, 0) is 35.2 Å². The molecule has 5 rings (SSSR count). The van der Waals surface area contributed by atoms with Crippen LogP contribution in [0, 0.1) is 6.92 Å². The van der Waals surface area contributed by atoms with Crippen LogP contribution in [-0.4, -0.2) is 46.0 Å². The average Bonchev–Trinajstić information content (AvgIpc) is 3.22. The molecule has 38 heavy (non-hydrogen) atoms. The predicted octanol–water partition coefficient (Wildman–Crippen LogP) is 6.34. The first-order valence-electron chi connectivity index (χ1n) is 12.2. The van der Waals surface area contributed by atoms with Gasteiger partial charge in [0.1, 0.15) is 11.4 Å².